The molecule has 1 aliphatic heterocycles. The van der Waals surface area contributed by atoms with Gasteiger partial charge in [-0.15, -0.1) is 0 Å². The van der Waals surface area contributed by atoms with Gasteiger partial charge in [-0.05, 0) is 90.2 Å². The Balaban J connectivity index is 1.48. The van der Waals surface area contributed by atoms with E-state index < -0.39 is 17.9 Å². The summed E-state index contributed by atoms with van der Waals surface area (Å²) in [5, 5.41) is 5.55. The molecular weight excluding hydrogens is 558 g/mol. The molecule has 204 valence electrons. The summed E-state index contributed by atoms with van der Waals surface area (Å²) in [5.41, 5.74) is 3.73. The SMILES string of the molecule is CN(C)Cc1ccccc1-c1ccc(C(=O)N[C@H](CC(=O)Nc2ccc(Br)cn2)C(=O)N2CCCCC2)cc1. The number of rotatable bonds is 9. The number of pyridine rings is 1. The van der Waals surface area contributed by atoms with Gasteiger partial charge in [0.1, 0.15) is 11.9 Å². The lowest BCUT2D eigenvalue weighted by Crippen LogP contribution is -2.51. The maximum absolute atomic E-state index is 13.4. The van der Waals surface area contributed by atoms with Crippen LogP contribution in [0.15, 0.2) is 71.3 Å². The largest absolute Gasteiger partial charge is 0.341 e. The van der Waals surface area contributed by atoms with E-state index in [9.17, 15) is 14.4 Å². The monoisotopic (exact) mass is 591 g/mol. The Morgan fingerprint density at radius 1 is 0.974 bits per heavy atom. The van der Waals surface area contributed by atoms with Crippen LogP contribution in [0.2, 0.25) is 0 Å². The highest BCUT2D eigenvalue weighted by molar-refractivity contribution is 9.10. The minimum atomic E-state index is -0.980. The molecule has 4 rings (SSSR count). The minimum absolute atomic E-state index is 0.186. The van der Waals surface area contributed by atoms with Crippen LogP contribution in [0, 0.1) is 0 Å². The molecule has 0 radical (unpaired) electrons. The van der Waals surface area contributed by atoms with Crippen molar-refractivity contribution in [2.75, 3.05) is 32.5 Å². The van der Waals surface area contributed by atoms with Crippen molar-refractivity contribution in [1.82, 2.24) is 20.1 Å². The zero-order valence-corrected chi connectivity index (χ0v) is 23.9. The van der Waals surface area contributed by atoms with Gasteiger partial charge in [0.2, 0.25) is 11.8 Å². The Morgan fingerprint density at radius 2 is 1.69 bits per heavy atom. The van der Waals surface area contributed by atoms with Crippen molar-refractivity contribution in [2.24, 2.45) is 0 Å². The highest BCUT2D eigenvalue weighted by Gasteiger charge is 2.29. The van der Waals surface area contributed by atoms with Gasteiger partial charge in [-0.1, -0.05) is 36.4 Å². The van der Waals surface area contributed by atoms with E-state index in [1.165, 1.54) is 5.56 Å². The van der Waals surface area contributed by atoms with Gasteiger partial charge in [-0.2, -0.15) is 0 Å². The first kappa shape index (κ1) is 28.4. The van der Waals surface area contributed by atoms with Crippen LogP contribution in [0.25, 0.3) is 11.1 Å². The predicted octanol–water partition coefficient (Wildman–Crippen LogP) is 4.71. The van der Waals surface area contributed by atoms with Gasteiger partial charge in [-0.3, -0.25) is 14.4 Å². The maximum Gasteiger partial charge on any atom is 0.251 e. The molecule has 8 nitrogen and oxygen atoms in total. The molecular formula is C30H34BrN5O3. The van der Waals surface area contributed by atoms with E-state index in [2.05, 4.69) is 48.6 Å². The summed E-state index contributed by atoms with van der Waals surface area (Å²) in [6.07, 6.45) is 4.29. The molecule has 3 aromatic rings. The molecule has 2 aromatic carbocycles. The summed E-state index contributed by atoms with van der Waals surface area (Å²) < 4.78 is 0.790. The van der Waals surface area contributed by atoms with Gasteiger partial charge in [-0.25, -0.2) is 4.98 Å². The number of piperidine rings is 1. The molecule has 1 aliphatic rings. The molecule has 1 fully saturated rings. The summed E-state index contributed by atoms with van der Waals surface area (Å²) in [6.45, 7) is 2.06. The fourth-order valence-corrected chi connectivity index (χ4v) is 4.92. The fraction of sp³-hybridized carbons (Fsp3) is 0.333. The molecule has 0 saturated carbocycles. The number of halogens is 1. The molecule has 39 heavy (non-hydrogen) atoms. The van der Waals surface area contributed by atoms with Crippen LogP contribution < -0.4 is 10.6 Å². The molecule has 0 unspecified atom stereocenters. The molecule has 0 aliphatic carbocycles. The Morgan fingerprint density at radius 3 is 2.36 bits per heavy atom. The van der Waals surface area contributed by atoms with Gasteiger partial charge in [0.25, 0.3) is 5.91 Å². The number of benzene rings is 2. The van der Waals surface area contributed by atoms with Crippen LogP contribution in [-0.2, 0) is 16.1 Å². The molecule has 0 bridgehead atoms. The van der Waals surface area contributed by atoms with E-state index in [0.717, 1.165) is 41.4 Å². The summed E-state index contributed by atoms with van der Waals surface area (Å²) in [5.74, 6) is -0.651. The number of hydrogen-bond acceptors (Lipinski definition) is 5. The number of carbonyl (C=O) groups excluding carboxylic acids is 3. The third kappa shape index (κ3) is 7.97. The first-order valence-electron chi connectivity index (χ1n) is 13.1. The van der Waals surface area contributed by atoms with Crippen LogP contribution in [0.4, 0.5) is 5.82 Å². The maximum atomic E-state index is 13.4. The van der Waals surface area contributed by atoms with Crippen LogP contribution in [0.1, 0.15) is 41.6 Å². The Hall–Kier alpha value is -3.56. The molecule has 1 atom stereocenters. The molecule has 3 amide bonds. The molecule has 2 heterocycles. The van der Waals surface area contributed by atoms with Crippen molar-refractivity contribution >= 4 is 39.5 Å². The fourth-order valence-electron chi connectivity index (χ4n) is 4.69. The van der Waals surface area contributed by atoms with Crippen molar-refractivity contribution in [3.05, 3.63) is 82.5 Å². The Bertz CT molecular complexity index is 1290. The number of hydrogen-bond donors (Lipinski definition) is 2. The summed E-state index contributed by atoms with van der Waals surface area (Å²) in [6, 6.07) is 18.0. The summed E-state index contributed by atoms with van der Waals surface area (Å²) in [7, 11) is 4.06. The highest BCUT2D eigenvalue weighted by atomic mass is 79.9. The van der Waals surface area contributed by atoms with E-state index in [4.69, 9.17) is 0 Å². The van der Waals surface area contributed by atoms with Gasteiger partial charge >= 0.3 is 0 Å². The Labute approximate surface area is 237 Å². The number of aromatic nitrogens is 1. The number of likely N-dealkylation sites (tertiary alicyclic amines) is 1. The lowest BCUT2D eigenvalue weighted by Gasteiger charge is -2.30. The van der Waals surface area contributed by atoms with Crippen LogP contribution in [-0.4, -0.2) is 65.7 Å². The van der Waals surface area contributed by atoms with Gasteiger partial charge in [0, 0.05) is 35.9 Å². The smallest absolute Gasteiger partial charge is 0.251 e. The molecule has 9 heteroatoms. The number of carbonyl (C=O) groups is 3. The number of nitrogens with zero attached hydrogens (tertiary/aromatic N) is 3. The standard InChI is InChI=1S/C30H34BrN5O3/c1-35(2)20-23-8-4-5-9-25(23)21-10-12-22(13-11-21)29(38)33-26(30(39)36-16-6-3-7-17-36)18-28(37)34-27-15-14-24(31)19-32-27/h4-5,8-15,19,26H,3,6-7,16-18,20H2,1-2H3,(H,33,38)(H,32,34,37)/t26-/m1/s1. The van der Waals surface area contributed by atoms with Crippen LogP contribution in [0.3, 0.4) is 0 Å². The second kappa shape index (κ2) is 13.5. The summed E-state index contributed by atoms with van der Waals surface area (Å²) in [4.78, 5) is 47.5. The Kier molecular flexibility index (Phi) is 9.84. The van der Waals surface area contributed by atoms with Gasteiger partial charge in [0.05, 0.1) is 6.42 Å². The number of anilines is 1. The second-order valence-electron chi connectivity index (χ2n) is 10.00. The number of amides is 3. The normalized spacial score (nSPS) is 14.1. The first-order chi connectivity index (χ1) is 18.8. The van der Waals surface area contributed by atoms with E-state index in [0.29, 0.717) is 24.5 Å². The van der Waals surface area contributed by atoms with Crippen LogP contribution >= 0.6 is 15.9 Å². The van der Waals surface area contributed by atoms with Crippen molar-refractivity contribution < 1.29 is 14.4 Å². The zero-order chi connectivity index (χ0) is 27.8. The quantitative estimate of drug-likeness (QED) is 0.376. The zero-order valence-electron chi connectivity index (χ0n) is 22.3. The predicted molar refractivity (Wildman–Crippen MR) is 156 cm³/mol. The third-order valence-corrected chi connectivity index (χ3v) is 7.09. The molecule has 0 spiro atoms. The minimum Gasteiger partial charge on any atom is -0.341 e. The molecule has 2 N–H and O–H groups in total. The third-order valence-electron chi connectivity index (χ3n) is 6.62. The molecule has 1 saturated heterocycles. The number of nitrogens with one attached hydrogen (secondary N) is 2. The van der Waals surface area contributed by atoms with E-state index in [1.807, 2.05) is 38.4 Å². The highest BCUT2D eigenvalue weighted by Crippen LogP contribution is 2.25. The van der Waals surface area contributed by atoms with Crippen molar-refractivity contribution in [3.8, 4) is 11.1 Å². The van der Waals surface area contributed by atoms with Crippen LogP contribution in [0.5, 0.6) is 0 Å². The second-order valence-corrected chi connectivity index (χ2v) is 10.9. The lowest BCUT2D eigenvalue weighted by molar-refractivity contribution is -0.135. The van der Waals surface area contributed by atoms with Crippen molar-refractivity contribution in [1.29, 1.82) is 0 Å². The first-order valence-corrected chi connectivity index (χ1v) is 13.9. The van der Waals surface area contributed by atoms with Crippen molar-refractivity contribution in [3.63, 3.8) is 0 Å². The van der Waals surface area contributed by atoms with E-state index in [-0.39, 0.29) is 12.3 Å². The average Bonchev–Trinajstić information content (AvgIpc) is 2.94. The lowest BCUT2D eigenvalue weighted by atomic mass is 9.98. The summed E-state index contributed by atoms with van der Waals surface area (Å²) >= 11 is 3.32. The topological polar surface area (TPSA) is 94.6 Å². The van der Waals surface area contributed by atoms with Crippen molar-refractivity contribution in [2.45, 2.75) is 38.3 Å². The van der Waals surface area contributed by atoms with E-state index >= 15 is 0 Å². The van der Waals surface area contributed by atoms with E-state index in [1.54, 1.807) is 35.4 Å². The van der Waals surface area contributed by atoms with Gasteiger partial charge in [0.15, 0.2) is 0 Å². The average molecular weight is 593 g/mol. The van der Waals surface area contributed by atoms with Gasteiger partial charge < -0.3 is 20.4 Å². The molecule has 1 aromatic heterocycles.